The number of nitrogens with zero attached hydrogens (tertiary/aromatic N) is 3. The van der Waals surface area contributed by atoms with Crippen molar-refractivity contribution in [1.29, 1.82) is 0 Å². The van der Waals surface area contributed by atoms with E-state index >= 15 is 0 Å². The summed E-state index contributed by atoms with van der Waals surface area (Å²) in [6.45, 7) is 3.72. The molecule has 6 N–H and O–H groups in total. The van der Waals surface area contributed by atoms with E-state index in [2.05, 4.69) is 32.0 Å². The molecule has 0 aliphatic carbocycles. The van der Waals surface area contributed by atoms with Gasteiger partial charge in [0, 0.05) is 12.1 Å². The van der Waals surface area contributed by atoms with Gasteiger partial charge in [0.05, 0.1) is 6.04 Å². The van der Waals surface area contributed by atoms with E-state index in [0.29, 0.717) is 23.4 Å². The van der Waals surface area contributed by atoms with Crippen LogP contribution in [0.4, 0.5) is 16.4 Å². The van der Waals surface area contributed by atoms with E-state index in [4.69, 9.17) is 10.5 Å². The number of rotatable bonds is 9. The molecule has 4 rings (SSSR count). The zero-order valence-electron chi connectivity index (χ0n) is 20.8. The highest BCUT2D eigenvalue weighted by atomic mass is 16.5. The van der Waals surface area contributed by atoms with Gasteiger partial charge in [0.15, 0.2) is 0 Å². The maximum Gasteiger partial charge on any atom is 0.408 e. The molecule has 2 aliphatic rings. The van der Waals surface area contributed by atoms with Crippen LogP contribution < -0.4 is 26.6 Å². The molecule has 1 aromatic carbocycles. The number of hydrogen-bond acceptors (Lipinski definition) is 9. The number of benzene rings is 1. The van der Waals surface area contributed by atoms with Gasteiger partial charge in [-0.25, -0.2) is 19.6 Å². The third-order valence-corrected chi connectivity index (χ3v) is 6.58. The summed E-state index contributed by atoms with van der Waals surface area (Å²) in [6, 6.07) is 7.97. The zero-order valence-corrected chi connectivity index (χ0v) is 20.8. The lowest BCUT2D eigenvalue weighted by molar-refractivity contribution is -0.139. The van der Waals surface area contributed by atoms with Crippen LogP contribution >= 0.6 is 0 Å². The van der Waals surface area contributed by atoms with Crippen LogP contribution in [0.1, 0.15) is 24.0 Å². The van der Waals surface area contributed by atoms with Crippen LogP contribution in [0.2, 0.25) is 0 Å². The van der Waals surface area contributed by atoms with Crippen molar-refractivity contribution in [3.8, 4) is 0 Å². The van der Waals surface area contributed by atoms with Gasteiger partial charge in [-0.2, -0.15) is 0 Å². The molecule has 0 bridgehead atoms. The first-order valence-electron chi connectivity index (χ1n) is 12.3. The van der Waals surface area contributed by atoms with Crippen molar-refractivity contribution in [3.05, 3.63) is 71.8 Å². The second kappa shape index (κ2) is 12.2. The standard InChI is InChI=1S/C26H33N7O4/c1-17-23(29-14-20(25(34)35)32-26(36)37-15-18-6-3-2-4-7-18)30-16-31-24(17)33-21(8-5-9-22(33)27)19-10-12-28-13-11-19/h2-9,16,19-21,28H,10-15,27H2,1H3,(H,32,36)(H,34,35)(H,29,30,31). The van der Waals surface area contributed by atoms with Crippen LogP contribution in [0.25, 0.3) is 0 Å². The lowest BCUT2D eigenvalue weighted by atomic mass is 9.87. The SMILES string of the molecule is Cc1c(NCC(NC(=O)OCc2ccccc2)C(=O)O)ncnc1N1C(N)=CC=CC1C1CCNCC1. The molecular weight excluding hydrogens is 474 g/mol. The third kappa shape index (κ3) is 6.56. The van der Waals surface area contributed by atoms with Crippen molar-refractivity contribution in [2.45, 2.75) is 38.5 Å². The fraction of sp³-hybridized carbons (Fsp3) is 0.385. The molecule has 2 unspecified atom stereocenters. The van der Waals surface area contributed by atoms with Crippen LogP contribution in [0.5, 0.6) is 0 Å². The number of alkyl carbamates (subject to hydrolysis) is 1. The summed E-state index contributed by atoms with van der Waals surface area (Å²) in [6.07, 6.45) is 8.63. The average Bonchev–Trinajstić information content (AvgIpc) is 2.91. The topological polar surface area (TPSA) is 155 Å². The van der Waals surface area contributed by atoms with E-state index in [9.17, 15) is 14.7 Å². The van der Waals surface area contributed by atoms with Crippen molar-refractivity contribution in [2.24, 2.45) is 11.7 Å². The molecule has 0 radical (unpaired) electrons. The number of allylic oxidation sites excluding steroid dienone is 2. The molecular formula is C26H33N7O4. The molecule has 3 heterocycles. The van der Waals surface area contributed by atoms with E-state index in [1.807, 2.05) is 54.3 Å². The summed E-state index contributed by atoms with van der Waals surface area (Å²) in [5.74, 6) is 0.918. The second-order valence-electron chi connectivity index (χ2n) is 9.07. The van der Waals surface area contributed by atoms with Gasteiger partial charge in [0.2, 0.25) is 0 Å². The summed E-state index contributed by atoms with van der Waals surface area (Å²) in [7, 11) is 0. The summed E-state index contributed by atoms with van der Waals surface area (Å²) >= 11 is 0. The predicted octanol–water partition coefficient (Wildman–Crippen LogP) is 2.12. The monoisotopic (exact) mass is 507 g/mol. The molecule has 0 spiro atoms. The summed E-state index contributed by atoms with van der Waals surface area (Å²) in [5.41, 5.74) is 7.94. The number of anilines is 2. The predicted molar refractivity (Wildman–Crippen MR) is 140 cm³/mol. The highest BCUT2D eigenvalue weighted by molar-refractivity contribution is 5.80. The number of hydrogen-bond donors (Lipinski definition) is 5. The number of carbonyl (C=O) groups is 2. The smallest absolute Gasteiger partial charge is 0.408 e. The largest absolute Gasteiger partial charge is 0.480 e. The van der Waals surface area contributed by atoms with E-state index in [-0.39, 0.29) is 19.2 Å². The number of carbonyl (C=O) groups excluding carboxylic acids is 1. The Kier molecular flexibility index (Phi) is 8.57. The first-order valence-corrected chi connectivity index (χ1v) is 12.3. The number of piperidine rings is 1. The lowest BCUT2D eigenvalue weighted by Gasteiger charge is -2.40. The Balaban J connectivity index is 1.43. The second-order valence-corrected chi connectivity index (χ2v) is 9.07. The minimum Gasteiger partial charge on any atom is -0.480 e. The number of nitrogens with one attached hydrogen (secondary N) is 3. The molecule has 11 nitrogen and oxygen atoms in total. The quantitative estimate of drug-likeness (QED) is 0.341. The summed E-state index contributed by atoms with van der Waals surface area (Å²) < 4.78 is 5.16. The molecule has 2 atom stereocenters. The van der Waals surface area contributed by atoms with Crippen molar-refractivity contribution in [2.75, 3.05) is 29.9 Å². The number of amides is 1. The Morgan fingerprint density at radius 1 is 1.24 bits per heavy atom. The van der Waals surface area contributed by atoms with Gasteiger partial charge in [0.25, 0.3) is 0 Å². The van der Waals surface area contributed by atoms with Crippen LogP contribution in [0.15, 0.2) is 60.7 Å². The van der Waals surface area contributed by atoms with Gasteiger partial charge in [-0.3, -0.25) is 0 Å². The highest BCUT2D eigenvalue weighted by Crippen LogP contribution is 2.33. The number of nitrogens with two attached hydrogens (primary N) is 1. The van der Waals surface area contributed by atoms with Crippen LogP contribution in [0.3, 0.4) is 0 Å². The molecule has 2 aliphatic heterocycles. The molecule has 1 aromatic heterocycles. The van der Waals surface area contributed by atoms with Crippen molar-refractivity contribution in [3.63, 3.8) is 0 Å². The van der Waals surface area contributed by atoms with Crippen LogP contribution in [-0.2, 0) is 16.1 Å². The lowest BCUT2D eigenvalue weighted by Crippen LogP contribution is -2.47. The van der Waals surface area contributed by atoms with Gasteiger partial charge >= 0.3 is 12.1 Å². The summed E-state index contributed by atoms with van der Waals surface area (Å²) in [4.78, 5) is 34.9. The number of ether oxygens (including phenoxy) is 1. The van der Waals surface area contributed by atoms with Gasteiger partial charge < -0.3 is 36.4 Å². The van der Waals surface area contributed by atoms with Crippen molar-refractivity contribution >= 4 is 23.7 Å². The fourth-order valence-corrected chi connectivity index (χ4v) is 4.59. The number of aliphatic carboxylic acids is 1. The minimum atomic E-state index is -1.23. The third-order valence-electron chi connectivity index (χ3n) is 6.58. The molecule has 1 fully saturated rings. The molecule has 0 saturated carbocycles. The van der Waals surface area contributed by atoms with E-state index in [1.165, 1.54) is 6.33 Å². The molecule has 1 amide bonds. The normalized spacial score (nSPS) is 18.6. The molecule has 2 aromatic rings. The minimum absolute atomic E-state index is 0.0399. The van der Waals surface area contributed by atoms with Crippen LogP contribution in [-0.4, -0.2) is 58.9 Å². The van der Waals surface area contributed by atoms with E-state index < -0.39 is 18.1 Å². The molecule has 1 saturated heterocycles. The Hall–Kier alpha value is -4.12. The van der Waals surface area contributed by atoms with Gasteiger partial charge in [-0.1, -0.05) is 42.5 Å². The summed E-state index contributed by atoms with van der Waals surface area (Å²) in [5, 5.41) is 18.5. The van der Waals surface area contributed by atoms with Gasteiger partial charge in [-0.15, -0.1) is 0 Å². The zero-order chi connectivity index (χ0) is 26.2. The first-order chi connectivity index (χ1) is 17.9. The van der Waals surface area contributed by atoms with E-state index in [0.717, 1.165) is 37.1 Å². The Morgan fingerprint density at radius 3 is 2.73 bits per heavy atom. The molecule has 37 heavy (non-hydrogen) atoms. The number of aromatic nitrogens is 2. The first kappa shape index (κ1) is 26.0. The van der Waals surface area contributed by atoms with E-state index in [1.54, 1.807) is 0 Å². The maximum absolute atomic E-state index is 12.2. The van der Waals surface area contributed by atoms with Gasteiger partial charge in [-0.05, 0) is 50.4 Å². The molecule has 11 heteroatoms. The maximum atomic E-state index is 12.2. The highest BCUT2D eigenvalue weighted by Gasteiger charge is 2.32. The van der Waals surface area contributed by atoms with Gasteiger partial charge in [0.1, 0.15) is 36.4 Å². The van der Waals surface area contributed by atoms with Crippen LogP contribution in [0, 0.1) is 12.8 Å². The average molecular weight is 508 g/mol. The molecule has 196 valence electrons. The van der Waals surface area contributed by atoms with Crippen molar-refractivity contribution < 1.29 is 19.4 Å². The van der Waals surface area contributed by atoms with Crippen molar-refractivity contribution in [1.82, 2.24) is 20.6 Å². The fourth-order valence-electron chi connectivity index (χ4n) is 4.59. The number of carboxylic acids is 1. The number of carboxylic acid groups (broad SMARTS) is 1. The Morgan fingerprint density at radius 2 is 2.00 bits per heavy atom. The Labute approximate surface area is 215 Å². The Bertz CT molecular complexity index is 1150.